The first kappa shape index (κ1) is 10.3. The van der Waals surface area contributed by atoms with Gasteiger partial charge in [0.25, 0.3) is 6.43 Å². The van der Waals surface area contributed by atoms with Gasteiger partial charge in [-0.05, 0) is 12.1 Å². The van der Waals surface area contributed by atoms with Crippen molar-refractivity contribution in [2.75, 3.05) is 0 Å². The first-order chi connectivity index (χ1) is 6.59. The fourth-order valence-corrected chi connectivity index (χ4v) is 3.12. The fourth-order valence-electron chi connectivity index (χ4n) is 1.20. The van der Waals surface area contributed by atoms with Crippen molar-refractivity contribution in [2.24, 2.45) is 0 Å². The maximum atomic E-state index is 12.5. The first-order valence-electron chi connectivity index (χ1n) is 3.75. The topological polar surface area (TPSA) is 0 Å². The van der Waals surface area contributed by atoms with Crippen LogP contribution in [0, 0.1) is 0 Å². The Bertz CT molecular complexity index is 481. The zero-order valence-electron chi connectivity index (χ0n) is 6.73. The lowest BCUT2D eigenvalue weighted by Crippen LogP contribution is -1.76. The summed E-state index contributed by atoms with van der Waals surface area (Å²) >= 11 is 10.1. The van der Waals surface area contributed by atoms with Gasteiger partial charge in [0.1, 0.15) is 0 Å². The predicted molar refractivity (Wildman–Crippen MR) is 59.5 cm³/mol. The summed E-state index contributed by atoms with van der Waals surface area (Å²) in [6.07, 6.45) is -2.50. The van der Waals surface area contributed by atoms with Crippen LogP contribution in [0.1, 0.15) is 11.3 Å². The minimum Gasteiger partial charge on any atom is -0.204 e. The molecule has 1 aromatic carbocycles. The SMILES string of the molecule is FC(F)c1sc2cc(Br)ccc2c1Cl. The molecule has 0 atom stereocenters. The molecule has 5 heteroatoms. The monoisotopic (exact) mass is 296 g/mol. The molecule has 0 saturated carbocycles. The number of halogens is 4. The number of hydrogen-bond donors (Lipinski definition) is 0. The molecule has 1 heterocycles. The Kier molecular flexibility index (Phi) is 2.77. The van der Waals surface area contributed by atoms with Crippen LogP contribution in [0.2, 0.25) is 5.02 Å². The summed E-state index contributed by atoms with van der Waals surface area (Å²) in [4.78, 5) is -0.0558. The summed E-state index contributed by atoms with van der Waals surface area (Å²) in [5.74, 6) is 0. The van der Waals surface area contributed by atoms with E-state index in [0.29, 0.717) is 5.39 Å². The Morgan fingerprint density at radius 2 is 2.07 bits per heavy atom. The van der Waals surface area contributed by atoms with E-state index in [2.05, 4.69) is 15.9 Å². The van der Waals surface area contributed by atoms with Crippen LogP contribution in [0.3, 0.4) is 0 Å². The van der Waals surface area contributed by atoms with Gasteiger partial charge >= 0.3 is 0 Å². The van der Waals surface area contributed by atoms with Crippen molar-refractivity contribution in [3.8, 4) is 0 Å². The smallest absolute Gasteiger partial charge is 0.204 e. The molecule has 0 aliphatic heterocycles. The van der Waals surface area contributed by atoms with Crippen LogP contribution in [0.5, 0.6) is 0 Å². The molecule has 2 rings (SSSR count). The number of fused-ring (bicyclic) bond motifs is 1. The van der Waals surface area contributed by atoms with E-state index in [1.165, 1.54) is 0 Å². The van der Waals surface area contributed by atoms with Crippen LogP contribution in [0.4, 0.5) is 8.78 Å². The lowest BCUT2D eigenvalue weighted by Gasteiger charge is -1.93. The van der Waals surface area contributed by atoms with Gasteiger partial charge in [-0.1, -0.05) is 33.6 Å². The van der Waals surface area contributed by atoms with Gasteiger partial charge in [0.2, 0.25) is 0 Å². The van der Waals surface area contributed by atoms with E-state index in [-0.39, 0.29) is 9.90 Å². The Balaban J connectivity index is 2.73. The Morgan fingerprint density at radius 3 is 2.71 bits per heavy atom. The molecule has 0 saturated heterocycles. The number of thiophene rings is 1. The molecule has 0 bridgehead atoms. The minimum atomic E-state index is -2.50. The van der Waals surface area contributed by atoms with E-state index in [4.69, 9.17) is 11.6 Å². The predicted octanol–water partition coefficient (Wildman–Crippen LogP) is 5.25. The molecule has 0 amide bonds. The van der Waals surface area contributed by atoms with Crippen LogP contribution >= 0.6 is 38.9 Å². The van der Waals surface area contributed by atoms with Crippen molar-refractivity contribution in [1.29, 1.82) is 0 Å². The standard InChI is InChI=1S/C9H4BrClF2S/c10-4-1-2-5-6(3-4)14-8(7(5)11)9(12)13/h1-3,9H. The Labute approximate surface area is 96.6 Å². The van der Waals surface area contributed by atoms with Crippen molar-refractivity contribution in [3.05, 3.63) is 32.6 Å². The lowest BCUT2D eigenvalue weighted by molar-refractivity contribution is 0.156. The zero-order chi connectivity index (χ0) is 10.3. The van der Waals surface area contributed by atoms with E-state index < -0.39 is 6.43 Å². The van der Waals surface area contributed by atoms with Gasteiger partial charge in [-0.15, -0.1) is 11.3 Å². The third-order valence-corrected chi connectivity index (χ3v) is 3.99. The summed E-state index contributed by atoms with van der Waals surface area (Å²) in [6, 6.07) is 5.32. The number of benzene rings is 1. The van der Waals surface area contributed by atoms with Gasteiger partial charge in [0, 0.05) is 14.6 Å². The highest BCUT2D eigenvalue weighted by Crippen LogP contribution is 2.41. The van der Waals surface area contributed by atoms with Gasteiger partial charge in [0.05, 0.1) is 9.90 Å². The molecule has 0 fully saturated rings. The highest BCUT2D eigenvalue weighted by molar-refractivity contribution is 9.10. The molecule has 0 spiro atoms. The lowest BCUT2D eigenvalue weighted by atomic mass is 10.2. The number of hydrogen-bond acceptors (Lipinski definition) is 1. The molecule has 74 valence electrons. The van der Waals surface area contributed by atoms with E-state index in [1.807, 2.05) is 0 Å². The Hall–Kier alpha value is -0.190. The van der Waals surface area contributed by atoms with Gasteiger partial charge in [-0.2, -0.15) is 0 Å². The average molecular weight is 298 g/mol. The largest absolute Gasteiger partial charge is 0.274 e. The molecule has 0 nitrogen and oxygen atoms in total. The fraction of sp³-hybridized carbons (Fsp3) is 0.111. The average Bonchev–Trinajstić information content (AvgIpc) is 2.43. The normalized spacial score (nSPS) is 11.5. The van der Waals surface area contributed by atoms with Crippen molar-refractivity contribution in [1.82, 2.24) is 0 Å². The molecule has 2 aromatic rings. The van der Waals surface area contributed by atoms with Crippen molar-refractivity contribution in [2.45, 2.75) is 6.43 Å². The number of alkyl halides is 2. The van der Waals surface area contributed by atoms with Crippen LogP contribution in [-0.2, 0) is 0 Å². The second-order valence-corrected chi connectivity index (χ2v) is 5.10. The number of rotatable bonds is 1. The van der Waals surface area contributed by atoms with E-state index in [1.54, 1.807) is 18.2 Å². The summed E-state index contributed by atoms with van der Waals surface area (Å²) in [5, 5.41) is 0.864. The first-order valence-corrected chi connectivity index (χ1v) is 5.74. The van der Waals surface area contributed by atoms with Gasteiger partial charge in [-0.25, -0.2) is 8.78 Å². The minimum absolute atomic E-state index is 0.0558. The molecular formula is C9H4BrClF2S. The molecule has 1 aromatic heterocycles. The maximum Gasteiger partial charge on any atom is 0.274 e. The second-order valence-electron chi connectivity index (χ2n) is 2.72. The summed E-state index contributed by atoms with van der Waals surface area (Å²) < 4.78 is 26.6. The molecule has 0 aliphatic rings. The van der Waals surface area contributed by atoms with Crippen molar-refractivity contribution in [3.63, 3.8) is 0 Å². The van der Waals surface area contributed by atoms with Crippen LogP contribution in [-0.4, -0.2) is 0 Å². The highest BCUT2D eigenvalue weighted by atomic mass is 79.9. The maximum absolute atomic E-state index is 12.5. The van der Waals surface area contributed by atoms with E-state index in [0.717, 1.165) is 20.5 Å². The molecule has 14 heavy (non-hydrogen) atoms. The van der Waals surface area contributed by atoms with Crippen molar-refractivity contribution < 1.29 is 8.78 Å². The quantitative estimate of drug-likeness (QED) is 0.674. The van der Waals surface area contributed by atoms with Crippen LogP contribution in [0.25, 0.3) is 10.1 Å². The van der Waals surface area contributed by atoms with Crippen LogP contribution < -0.4 is 0 Å². The Morgan fingerprint density at radius 1 is 1.36 bits per heavy atom. The zero-order valence-corrected chi connectivity index (χ0v) is 9.89. The van der Waals surface area contributed by atoms with Gasteiger partial charge < -0.3 is 0 Å². The second kappa shape index (κ2) is 3.76. The summed E-state index contributed by atoms with van der Waals surface area (Å²) in [5.41, 5.74) is 0. The molecule has 0 radical (unpaired) electrons. The van der Waals surface area contributed by atoms with E-state index in [9.17, 15) is 8.78 Å². The van der Waals surface area contributed by atoms with Gasteiger partial charge in [-0.3, -0.25) is 0 Å². The molecular weight excluding hydrogens is 294 g/mol. The van der Waals surface area contributed by atoms with Gasteiger partial charge in [0.15, 0.2) is 0 Å². The van der Waals surface area contributed by atoms with Crippen molar-refractivity contribution >= 4 is 49.0 Å². The molecule has 0 aliphatic carbocycles. The summed E-state index contributed by atoms with van der Waals surface area (Å²) in [6.45, 7) is 0. The third kappa shape index (κ3) is 1.66. The van der Waals surface area contributed by atoms with E-state index >= 15 is 0 Å². The molecule has 0 N–H and O–H groups in total. The third-order valence-electron chi connectivity index (χ3n) is 1.81. The molecule has 0 unspecified atom stereocenters. The highest BCUT2D eigenvalue weighted by Gasteiger charge is 2.17. The van der Waals surface area contributed by atoms with Crippen LogP contribution in [0.15, 0.2) is 22.7 Å². The summed E-state index contributed by atoms with van der Waals surface area (Å²) in [7, 11) is 0.